The Hall–Kier alpha value is -1.36. The van der Waals surface area contributed by atoms with E-state index in [2.05, 4.69) is 22.2 Å². The molecule has 0 aliphatic rings. The van der Waals surface area contributed by atoms with Gasteiger partial charge in [0.15, 0.2) is 0 Å². The second-order valence-electron chi connectivity index (χ2n) is 3.07. The minimum Gasteiger partial charge on any atom is -0.481 e. The Morgan fingerprint density at radius 2 is 2.36 bits per heavy atom. The Labute approximate surface area is 83.7 Å². The van der Waals surface area contributed by atoms with Gasteiger partial charge >= 0.3 is 0 Å². The van der Waals surface area contributed by atoms with Gasteiger partial charge in [-0.05, 0) is 19.9 Å². The smallest absolute Gasteiger partial charge is 0.218 e. The molecule has 78 valence electrons. The zero-order chi connectivity index (χ0) is 10.4. The van der Waals surface area contributed by atoms with Crippen LogP contribution in [0.1, 0.15) is 13.3 Å². The van der Waals surface area contributed by atoms with Crippen molar-refractivity contribution in [2.24, 2.45) is 5.73 Å². The predicted octanol–water partition coefficient (Wildman–Crippen LogP) is 0.634. The zero-order valence-electron chi connectivity index (χ0n) is 8.53. The first kappa shape index (κ1) is 10.7. The Bertz CT molecular complexity index is 279. The maximum absolute atomic E-state index is 5.44. The second kappa shape index (κ2) is 5.39. The molecular formula is C9H16N4O. The lowest BCUT2D eigenvalue weighted by molar-refractivity contribution is 0.397. The van der Waals surface area contributed by atoms with Crippen molar-refractivity contribution in [3.05, 3.63) is 12.4 Å². The van der Waals surface area contributed by atoms with E-state index >= 15 is 0 Å². The largest absolute Gasteiger partial charge is 0.481 e. The summed E-state index contributed by atoms with van der Waals surface area (Å²) < 4.78 is 4.98. The zero-order valence-corrected chi connectivity index (χ0v) is 8.53. The van der Waals surface area contributed by atoms with Crippen molar-refractivity contribution >= 4 is 5.82 Å². The van der Waals surface area contributed by atoms with Gasteiger partial charge in [0.25, 0.3) is 0 Å². The fourth-order valence-electron chi connectivity index (χ4n) is 1.10. The molecule has 5 heteroatoms. The highest BCUT2D eigenvalue weighted by Crippen LogP contribution is 2.11. The molecule has 0 radical (unpaired) electrons. The fourth-order valence-corrected chi connectivity index (χ4v) is 1.10. The van der Waals surface area contributed by atoms with Crippen molar-refractivity contribution in [3.8, 4) is 5.88 Å². The summed E-state index contributed by atoms with van der Waals surface area (Å²) in [5.74, 6) is 1.32. The number of methoxy groups -OCH3 is 1. The van der Waals surface area contributed by atoms with Crippen LogP contribution in [0.25, 0.3) is 0 Å². The number of hydrogen-bond acceptors (Lipinski definition) is 5. The van der Waals surface area contributed by atoms with Crippen molar-refractivity contribution in [3.63, 3.8) is 0 Å². The highest BCUT2D eigenvalue weighted by molar-refractivity contribution is 5.37. The molecule has 0 aliphatic carbocycles. The molecule has 3 N–H and O–H groups in total. The molecule has 0 aliphatic heterocycles. The van der Waals surface area contributed by atoms with Gasteiger partial charge in [0.05, 0.1) is 7.11 Å². The number of nitrogens with two attached hydrogens (primary N) is 1. The van der Waals surface area contributed by atoms with Crippen LogP contribution >= 0.6 is 0 Å². The Balaban J connectivity index is 2.57. The van der Waals surface area contributed by atoms with Crippen LogP contribution in [0.5, 0.6) is 5.88 Å². The van der Waals surface area contributed by atoms with Gasteiger partial charge in [-0.3, -0.25) is 0 Å². The van der Waals surface area contributed by atoms with Gasteiger partial charge in [0.2, 0.25) is 5.88 Å². The summed E-state index contributed by atoms with van der Waals surface area (Å²) in [5, 5.41) is 3.21. The van der Waals surface area contributed by atoms with E-state index in [1.165, 1.54) is 6.33 Å². The number of rotatable bonds is 5. The van der Waals surface area contributed by atoms with Gasteiger partial charge in [0, 0.05) is 12.1 Å². The molecule has 1 aromatic rings. The Kier molecular flexibility index (Phi) is 4.12. The Morgan fingerprint density at radius 3 is 3.00 bits per heavy atom. The lowest BCUT2D eigenvalue weighted by Crippen LogP contribution is -2.20. The molecule has 0 spiro atoms. The molecule has 0 aromatic carbocycles. The molecule has 0 amide bonds. The molecule has 1 unspecified atom stereocenters. The van der Waals surface area contributed by atoms with Gasteiger partial charge < -0.3 is 15.8 Å². The second-order valence-corrected chi connectivity index (χ2v) is 3.07. The van der Waals surface area contributed by atoms with Gasteiger partial charge in [-0.15, -0.1) is 0 Å². The molecule has 0 saturated heterocycles. The highest BCUT2D eigenvalue weighted by atomic mass is 16.5. The molecule has 1 atom stereocenters. The van der Waals surface area contributed by atoms with Crippen molar-refractivity contribution in [1.82, 2.24) is 9.97 Å². The third kappa shape index (κ3) is 3.18. The monoisotopic (exact) mass is 196 g/mol. The van der Waals surface area contributed by atoms with Crippen LogP contribution in [0, 0.1) is 0 Å². The number of nitrogens with one attached hydrogen (secondary N) is 1. The quantitative estimate of drug-likeness (QED) is 0.722. The van der Waals surface area contributed by atoms with E-state index in [4.69, 9.17) is 10.5 Å². The van der Waals surface area contributed by atoms with Crippen molar-refractivity contribution < 1.29 is 4.74 Å². The first-order valence-electron chi connectivity index (χ1n) is 4.59. The minimum absolute atomic E-state index is 0.305. The average molecular weight is 196 g/mol. The number of aromatic nitrogens is 2. The van der Waals surface area contributed by atoms with Crippen LogP contribution in [0.3, 0.4) is 0 Å². The normalized spacial score (nSPS) is 12.2. The number of ether oxygens (including phenoxy) is 1. The molecule has 1 heterocycles. The summed E-state index contributed by atoms with van der Waals surface area (Å²) >= 11 is 0. The van der Waals surface area contributed by atoms with Gasteiger partial charge in [-0.25, -0.2) is 9.97 Å². The summed E-state index contributed by atoms with van der Waals surface area (Å²) in [5.41, 5.74) is 5.44. The Morgan fingerprint density at radius 1 is 1.57 bits per heavy atom. The lowest BCUT2D eigenvalue weighted by Gasteiger charge is -2.13. The molecule has 5 nitrogen and oxygen atoms in total. The van der Waals surface area contributed by atoms with Gasteiger partial charge in [0.1, 0.15) is 12.1 Å². The summed E-state index contributed by atoms with van der Waals surface area (Å²) in [6, 6.07) is 2.06. The van der Waals surface area contributed by atoms with Gasteiger partial charge in [-0.1, -0.05) is 0 Å². The van der Waals surface area contributed by atoms with Gasteiger partial charge in [-0.2, -0.15) is 0 Å². The molecule has 0 saturated carbocycles. The highest BCUT2D eigenvalue weighted by Gasteiger charge is 2.02. The number of anilines is 1. The van der Waals surface area contributed by atoms with E-state index in [-0.39, 0.29) is 0 Å². The lowest BCUT2D eigenvalue weighted by atomic mass is 10.2. The molecular weight excluding hydrogens is 180 g/mol. The average Bonchev–Trinajstić information content (AvgIpc) is 2.18. The molecule has 1 aromatic heterocycles. The first-order valence-corrected chi connectivity index (χ1v) is 4.59. The van der Waals surface area contributed by atoms with Crippen molar-refractivity contribution in [1.29, 1.82) is 0 Å². The standard InChI is InChI=1S/C9H16N4O/c1-7(3-4-10)13-8-5-9(14-2)12-6-11-8/h5-7H,3-4,10H2,1-2H3,(H,11,12,13). The SMILES string of the molecule is COc1cc(NC(C)CCN)ncn1. The number of hydrogen-bond donors (Lipinski definition) is 2. The first-order chi connectivity index (χ1) is 6.76. The minimum atomic E-state index is 0.305. The third-order valence-electron chi connectivity index (χ3n) is 1.85. The van der Waals surface area contributed by atoms with Crippen LogP contribution in [0.2, 0.25) is 0 Å². The number of nitrogens with zero attached hydrogens (tertiary/aromatic N) is 2. The summed E-state index contributed by atoms with van der Waals surface area (Å²) in [6.45, 7) is 2.72. The van der Waals surface area contributed by atoms with Crippen molar-refractivity contribution in [2.45, 2.75) is 19.4 Å². The molecule has 0 fully saturated rings. The van der Waals surface area contributed by atoms with Crippen LogP contribution in [-0.4, -0.2) is 29.7 Å². The predicted molar refractivity (Wildman–Crippen MR) is 55.3 cm³/mol. The van der Waals surface area contributed by atoms with Crippen molar-refractivity contribution in [2.75, 3.05) is 19.0 Å². The molecule has 14 heavy (non-hydrogen) atoms. The van der Waals surface area contributed by atoms with Crippen LogP contribution in [0.4, 0.5) is 5.82 Å². The summed E-state index contributed by atoms with van der Waals surface area (Å²) in [6.07, 6.45) is 2.38. The maximum atomic E-state index is 5.44. The van der Waals surface area contributed by atoms with E-state index in [0.29, 0.717) is 18.5 Å². The summed E-state index contributed by atoms with van der Waals surface area (Å²) in [4.78, 5) is 7.98. The molecule has 0 bridgehead atoms. The van der Waals surface area contributed by atoms with E-state index < -0.39 is 0 Å². The van der Waals surface area contributed by atoms with E-state index in [1.54, 1.807) is 13.2 Å². The van der Waals surface area contributed by atoms with Crippen LogP contribution < -0.4 is 15.8 Å². The van der Waals surface area contributed by atoms with E-state index in [9.17, 15) is 0 Å². The van der Waals surface area contributed by atoms with Crippen LogP contribution in [-0.2, 0) is 0 Å². The van der Waals surface area contributed by atoms with E-state index in [1.807, 2.05) is 0 Å². The van der Waals surface area contributed by atoms with E-state index in [0.717, 1.165) is 12.2 Å². The molecule has 1 rings (SSSR count). The topological polar surface area (TPSA) is 73.1 Å². The fraction of sp³-hybridized carbons (Fsp3) is 0.556. The summed E-state index contributed by atoms with van der Waals surface area (Å²) in [7, 11) is 1.58. The van der Waals surface area contributed by atoms with Crippen LogP contribution in [0.15, 0.2) is 12.4 Å². The third-order valence-corrected chi connectivity index (χ3v) is 1.85. The maximum Gasteiger partial charge on any atom is 0.218 e.